The predicted molar refractivity (Wildman–Crippen MR) is 144 cm³/mol. The van der Waals surface area contributed by atoms with Crippen LogP contribution >= 0.6 is 24.0 Å². The number of hydrogen-bond acceptors (Lipinski definition) is 9. The molecular formula is C25H17N7O4S2. The first-order chi connectivity index (χ1) is 18.3. The normalized spacial score (nSPS) is 14.6. The average Bonchev–Trinajstić information content (AvgIpc) is 3.36. The van der Waals surface area contributed by atoms with Gasteiger partial charge in [0.15, 0.2) is 5.11 Å². The van der Waals surface area contributed by atoms with E-state index in [2.05, 4.69) is 20.8 Å². The standard InChI is InChI=1S/C25H17N7O4S2/c1-15-6-5-9-18(12-15)30-23(34)19(22(33)26-24(30)37)13-16-10-11-21(20(14-16)32(35)36)38-25-27-28-29-31(25)17-7-3-2-4-8-17/h2-14H,1H3,(H,26,33,37)/b19-13+. The van der Waals surface area contributed by atoms with Gasteiger partial charge in [0.05, 0.1) is 21.2 Å². The largest absolute Gasteiger partial charge is 0.298 e. The smallest absolute Gasteiger partial charge is 0.283 e. The van der Waals surface area contributed by atoms with E-state index in [4.69, 9.17) is 12.2 Å². The summed E-state index contributed by atoms with van der Waals surface area (Å²) in [6.45, 7) is 1.87. The van der Waals surface area contributed by atoms with E-state index in [1.807, 2.05) is 43.3 Å². The Bertz CT molecular complexity index is 1640. The highest BCUT2D eigenvalue weighted by Gasteiger charge is 2.34. The van der Waals surface area contributed by atoms with Crippen molar-refractivity contribution < 1.29 is 14.5 Å². The zero-order valence-electron chi connectivity index (χ0n) is 19.6. The van der Waals surface area contributed by atoms with Crippen LogP contribution in [0.1, 0.15) is 11.1 Å². The lowest BCUT2D eigenvalue weighted by Crippen LogP contribution is -2.54. The minimum Gasteiger partial charge on any atom is -0.298 e. The van der Waals surface area contributed by atoms with Crippen molar-refractivity contribution in [2.45, 2.75) is 17.0 Å². The number of benzene rings is 3. The van der Waals surface area contributed by atoms with Gasteiger partial charge in [-0.2, -0.15) is 4.68 Å². The van der Waals surface area contributed by atoms with Gasteiger partial charge in [-0.05, 0) is 88.9 Å². The number of anilines is 1. The molecule has 1 aliphatic heterocycles. The molecule has 0 aliphatic carbocycles. The number of carbonyl (C=O) groups excluding carboxylic acids is 2. The molecule has 3 aromatic carbocycles. The Morgan fingerprint density at radius 2 is 1.79 bits per heavy atom. The summed E-state index contributed by atoms with van der Waals surface area (Å²) in [5.41, 5.74) is 1.95. The molecule has 11 nitrogen and oxygen atoms in total. The molecule has 1 saturated heterocycles. The quantitative estimate of drug-likeness (QED) is 0.126. The van der Waals surface area contributed by atoms with Gasteiger partial charge in [-0.1, -0.05) is 36.4 Å². The lowest BCUT2D eigenvalue weighted by atomic mass is 10.1. The fourth-order valence-corrected chi connectivity index (χ4v) is 4.91. The lowest BCUT2D eigenvalue weighted by Gasteiger charge is -2.29. The van der Waals surface area contributed by atoms with Crippen LogP contribution in [-0.4, -0.2) is 42.1 Å². The number of carbonyl (C=O) groups is 2. The van der Waals surface area contributed by atoms with E-state index in [0.29, 0.717) is 22.1 Å². The topological polar surface area (TPSA) is 136 Å². The summed E-state index contributed by atoms with van der Waals surface area (Å²) in [5.74, 6) is -1.32. The molecule has 1 N–H and O–H groups in total. The van der Waals surface area contributed by atoms with Crippen LogP contribution < -0.4 is 10.2 Å². The van der Waals surface area contributed by atoms with Crippen LogP contribution in [0, 0.1) is 17.0 Å². The van der Waals surface area contributed by atoms with Crippen molar-refractivity contribution in [3.8, 4) is 5.69 Å². The molecule has 1 fully saturated rings. The summed E-state index contributed by atoms with van der Waals surface area (Å²) in [6.07, 6.45) is 1.30. The number of thiocarbonyl (C=S) groups is 1. The third kappa shape index (κ3) is 4.92. The summed E-state index contributed by atoms with van der Waals surface area (Å²) in [6, 6.07) is 20.6. The van der Waals surface area contributed by atoms with Crippen LogP contribution in [0.15, 0.2) is 88.4 Å². The molecular weight excluding hydrogens is 526 g/mol. The van der Waals surface area contributed by atoms with Gasteiger partial charge < -0.3 is 0 Å². The molecule has 2 amide bonds. The van der Waals surface area contributed by atoms with Gasteiger partial charge in [-0.25, -0.2) is 0 Å². The van der Waals surface area contributed by atoms with Gasteiger partial charge in [0.25, 0.3) is 17.5 Å². The molecule has 188 valence electrons. The number of nitro groups is 1. The first-order valence-electron chi connectivity index (χ1n) is 11.1. The number of tetrazole rings is 1. The monoisotopic (exact) mass is 543 g/mol. The molecule has 38 heavy (non-hydrogen) atoms. The van der Waals surface area contributed by atoms with E-state index >= 15 is 0 Å². The highest BCUT2D eigenvalue weighted by atomic mass is 32.2. The average molecular weight is 544 g/mol. The van der Waals surface area contributed by atoms with Crippen molar-refractivity contribution in [1.29, 1.82) is 0 Å². The molecule has 5 rings (SSSR count). The minimum atomic E-state index is -0.688. The van der Waals surface area contributed by atoms with E-state index in [0.717, 1.165) is 17.3 Å². The number of nitrogens with one attached hydrogen (secondary N) is 1. The number of amides is 2. The van der Waals surface area contributed by atoms with E-state index in [-0.39, 0.29) is 21.3 Å². The maximum atomic E-state index is 13.3. The zero-order chi connectivity index (χ0) is 26.8. The molecule has 0 atom stereocenters. The third-order valence-electron chi connectivity index (χ3n) is 5.50. The minimum absolute atomic E-state index is 0.0448. The highest BCUT2D eigenvalue weighted by Crippen LogP contribution is 2.35. The molecule has 0 radical (unpaired) electrons. The van der Waals surface area contributed by atoms with Gasteiger partial charge in [-0.15, -0.1) is 5.10 Å². The molecule has 13 heteroatoms. The van der Waals surface area contributed by atoms with E-state index in [1.165, 1.54) is 27.8 Å². The van der Waals surface area contributed by atoms with Crippen LogP contribution in [0.5, 0.6) is 0 Å². The van der Waals surface area contributed by atoms with Gasteiger partial charge >= 0.3 is 0 Å². The number of nitro benzene ring substituents is 1. The third-order valence-corrected chi connectivity index (χ3v) is 6.78. The van der Waals surface area contributed by atoms with Crippen LogP contribution in [-0.2, 0) is 9.59 Å². The number of hydrogen-bond donors (Lipinski definition) is 1. The summed E-state index contributed by atoms with van der Waals surface area (Å²) in [5, 5.41) is 26.4. The number of rotatable bonds is 6. The second-order valence-corrected chi connectivity index (χ2v) is 9.49. The summed E-state index contributed by atoms with van der Waals surface area (Å²) >= 11 is 6.25. The van der Waals surface area contributed by atoms with Crippen LogP contribution in [0.4, 0.5) is 11.4 Å². The number of aromatic nitrogens is 4. The number of nitrogens with zero attached hydrogens (tertiary/aromatic N) is 6. The molecule has 2 heterocycles. The van der Waals surface area contributed by atoms with Crippen LogP contribution in [0.3, 0.4) is 0 Å². The van der Waals surface area contributed by atoms with Crippen molar-refractivity contribution in [3.05, 3.63) is 99.6 Å². The predicted octanol–water partition coefficient (Wildman–Crippen LogP) is 3.86. The van der Waals surface area contributed by atoms with Crippen LogP contribution in [0.25, 0.3) is 11.8 Å². The molecule has 1 aliphatic rings. The maximum absolute atomic E-state index is 13.3. The van der Waals surface area contributed by atoms with Crippen molar-refractivity contribution in [2.75, 3.05) is 4.90 Å². The Morgan fingerprint density at radius 3 is 2.53 bits per heavy atom. The fraction of sp³-hybridized carbons (Fsp3) is 0.0400. The van der Waals surface area contributed by atoms with Gasteiger partial charge in [0.2, 0.25) is 5.16 Å². The molecule has 1 aromatic heterocycles. The summed E-state index contributed by atoms with van der Waals surface area (Å²) in [4.78, 5) is 38.8. The van der Waals surface area contributed by atoms with Gasteiger partial charge in [0, 0.05) is 6.07 Å². The van der Waals surface area contributed by atoms with Crippen molar-refractivity contribution in [2.24, 2.45) is 0 Å². The SMILES string of the molecule is Cc1cccc(N2C(=O)/C(=C/c3ccc(Sc4nnnn4-c4ccccc4)c([N+](=O)[O-])c3)C(=O)NC2=S)c1. The zero-order valence-corrected chi connectivity index (χ0v) is 21.3. The molecule has 0 spiro atoms. The Hall–Kier alpha value is -4.75. The summed E-state index contributed by atoms with van der Waals surface area (Å²) in [7, 11) is 0. The maximum Gasteiger partial charge on any atom is 0.283 e. The van der Waals surface area contributed by atoms with E-state index in [1.54, 1.807) is 24.3 Å². The Kier molecular flexibility index (Phi) is 6.77. The van der Waals surface area contributed by atoms with Crippen LogP contribution in [0.2, 0.25) is 0 Å². The van der Waals surface area contributed by atoms with Crippen molar-refractivity contribution in [1.82, 2.24) is 25.5 Å². The Morgan fingerprint density at radius 1 is 1.03 bits per heavy atom. The second-order valence-electron chi connectivity index (χ2n) is 8.09. The molecule has 0 unspecified atom stereocenters. The van der Waals surface area contributed by atoms with Crippen molar-refractivity contribution >= 4 is 58.4 Å². The number of aryl methyl sites for hydroxylation is 1. The van der Waals surface area contributed by atoms with E-state index < -0.39 is 16.7 Å². The molecule has 0 bridgehead atoms. The second kappa shape index (κ2) is 10.3. The summed E-state index contributed by atoms with van der Waals surface area (Å²) < 4.78 is 1.47. The van der Waals surface area contributed by atoms with Gasteiger partial charge in [-0.3, -0.25) is 29.9 Å². The first-order valence-corrected chi connectivity index (χ1v) is 12.3. The van der Waals surface area contributed by atoms with Gasteiger partial charge in [0.1, 0.15) is 5.57 Å². The molecule has 4 aromatic rings. The first kappa shape index (κ1) is 24.9. The lowest BCUT2D eigenvalue weighted by molar-refractivity contribution is -0.387. The van der Waals surface area contributed by atoms with Crippen molar-refractivity contribution in [3.63, 3.8) is 0 Å². The Balaban J connectivity index is 1.48. The van der Waals surface area contributed by atoms with E-state index in [9.17, 15) is 19.7 Å². The number of para-hydroxylation sites is 1. The Labute approximate surface area is 225 Å². The molecule has 0 saturated carbocycles. The fourth-order valence-electron chi connectivity index (χ4n) is 3.75. The highest BCUT2D eigenvalue weighted by molar-refractivity contribution is 7.99.